The Bertz CT molecular complexity index is 799. The van der Waals surface area contributed by atoms with Crippen molar-refractivity contribution in [2.75, 3.05) is 7.11 Å². The quantitative estimate of drug-likeness (QED) is 0.676. The topological polar surface area (TPSA) is 42.1 Å². The first-order valence-electron chi connectivity index (χ1n) is 6.31. The summed E-state index contributed by atoms with van der Waals surface area (Å²) in [5.74, 6) is -0.365. The highest BCUT2D eigenvalue weighted by Crippen LogP contribution is 2.34. The van der Waals surface area contributed by atoms with Gasteiger partial charge in [-0.2, -0.15) is 0 Å². The van der Waals surface area contributed by atoms with E-state index in [2.05, 4.69) is 39.1 Å². The van der Waals surface area contributed by atoms with Crippen LogP contribution in [0.15, 0.2) is 62.8 Å². The molecule has 106 valence electrons. The number of hydrogen-bond acceptors (Lipinski definition) is 3. The molecule has 0 unspecified atom stereocenters. The molecular formula is C16H12BrNO2S. The Morgan fingerprint density at radius 3 is 2.62 bits per heavy atom. The number of hydrogen-bond donors (Lipinski definition) is 1. The summed E-state index contributed by atoms with van der Waals surface area (Å²) in [6.45, 7) is 0. The molecule has 0 atom stereocenters. The molecule has 0 saturated carbocycles. The summed E-state index contributed by atoms with van der Waals surface area (Å²) in [5.41, 5.74) is 1.36. The third-order valence-electron chi connectivity index (χ3n) is 3.05. The van der Waals surface area contributed by atoms with E-state index in [9.17, 15) is 4.79 Å². The normalized spacial score (nSPS) is 10.8. The molecule has 3 nitrogen and oxygen atoms in total. The molecule has 0 aliphatic rings. The largest absolute Gasteiger partial charge is 0.464 e. The van der Waals surface area contributed by atoms with E-state index in [-0.39, 0.29) is 5.97 Å². The maximum Gasteiger partial charge on any atom is 0.354 e. The second-order valence-electron chi connectivity index (χ2n) is 4.46. The van der Waals surface area contributed by atoms with Crippen LogP contribution in [0, 0.1) is 0 Å². The second kappa shape index (κ2) is 5.95. The molecule has 0 amide bonds. The lowest BCUT2D eigenvalue weighted by Gasteiger charge is -2.03. The lowest BCUT2D eigenvalue weighted by atomic mass is 10.2. The summed E-state index contributed by atoms with van der Waals surface area (Å²) in [7, 11) is 1.37. The van der Waals surface area contributed by atoms with Gasteiger partial charge in [0.2, 0.25) is 0 Å². The van der Waals surface area contributed by atoms with E-state index in [0.717, 1.165) is 20.3 Å². The summed E-state index contributed by atoms with van der Waals surface area (Å²) >= 11 is 5.23. The Morgan fingerprint density at radius 2 is 1.90 bits per heavy atom. The van der Waals surface area contributed by atoms with Crippen molar-refractivity contribution < 1.29 is 9.53 Å². The molecule has 3 rings (SSSR count). The highest BCUT2D eigenvalue weighted by Gasteiger charge is 2.12. The van der Waals surface area contributed by atoms with Crippen LogP contribution < -0.4 is 0 Å². The zero-order chi connectivity index (χ0) is 14.8. The number of carbonyl (C=O) groups is 1. The first-order chi connectivity index (χ1) is 10.2. The molecule has 5 heteroatoms. The van der Waals surface area contributed by atoms with Crippen molar-refractivity contribution in [2.45, 2.75) is 9.79 Å². The molecular weight excluding hydrogens is 350 g/mol. The van der Waals surface area contributed by atoms with Crippen LogP contribution in [0.3, 0.4) is 0 Å². The van der Waals surface area contributed by atoms with Crippen LogP contribution in [0.4, 0.5) is 0 Å². The SMILES string of the molecule is COC(=O)c1cc2c(Br)cc(Sc3ccccc3)cc2[nH]1. The minimum absolute atomic E-state index is 0.365. The number of H-pyrrole nitrogens is 1. The van der Waals surface area contributed by atoms with Gasteiger partial charge in [0.05, 0.1) is 7.11 Å². The van der Waals surface area contributed by atoms with Crippen LogP contribution >= 0.6 is 27.7 Å². The van der Waals surface area contributed by atoms with Crippen molar-refractivity contribution in [2.24, 2.45) is 0 Å². The summed E-state index contributed by atoms with van der Waals surface area (Å²) in [6.07, 6.45) is 0. The summed E-state index contributed by atoms with van der Waals surface area (Å²) in [5, 5.41) is 0.966. The van der Waals surface area contributed by atoms with Crippen LogP contribution in [0.5, 0.6) is 0 Å². The molecule has 0 aliphatic heterocycles. The summed E-state index contributed by atoms with van der Waals surface area (Å²) in [6, 6.07) is 16.0. The van der Waals surface area contributed by atoms with E-state index >= 15 is 0 Å². The lowest BCUT2D eigenvalue weighted by Crippen LogP contribution is -2.00. The first-order valence-corrected chi connectivity index (χ1v) is 7.92. The van der Waals surface area contributed by atoms with Crippen LogP contribution in [-0.4, -0.2) is 18.1 Å². The average Bonchev–Trinajstić information content (AvgIpc) is 2.92. The zero-order valence-corrected chi connectivity index (χ0v) is 13.6. The molecule has 0 aliphatic carbocycles. The smallest absolute Gasteiger partial charge is 0.354 e. The molecule has 0 spiro atoms. The number of esters is 1. The van der Waals surface area contributed by atoms with Gasteiger partial charge < -0.3 is 9.72 Å². The minimum atomic E-state index is -0.365. The Balaban J connectivity index is 2.00. The van der Waals surface area contributed by atoms with E-state index in [1.54, 1.807) is 17.8 Å². The third-order valence-corrected chi connectivity index (χ3v) is 4.68. The van der Waals surface area contributed by atoms with Gasteiger partial charge in [0.25, 0.3) is 0 Å². The molecule has 0 bridgehead atoms. The van der Waals surface area contributed by atoms with Crippen LogP contribution in [0.2, 0.25) is 0 Å². The maximum atomic E-state index is 11.6. The fraction of sp³-hybridized carbons (Fsp3) is 0.0625. The molecule has 21 heavy (non-hydrogen) atoms. The minimum Gasteiger partial charge on any atom is -0.464 e. The van der Waals surface area contributed by atoms with Crippen LogP contribution in [0.1, 0.15) is 10.5 Å². The van der Waals surface area contributed by atoms with E-state index < -0.39 is 0 Å². The third kappa shape index (κ3) is 2.99. The maximum absolute atomic E-state index is 11.6. The first kappa shape index (κ1) is 14.2. The number of fused-ring (bicyclic) bond motifs is 1. The van der Waals surface area contributed by atoms with E-state index in [1.807, 2.05) is 24.3 Å². The van der Waals surface area contributed by atoms with Gasteiger partial charge in [-0.05, 0) is 30.3 Å². The molecule has 1 N–H and O–H groups in total. The fourth-order valence-electron chi connectivity index (χ4n) is 2.07. The average molecular weight is 362 g/mol. The van der Waals surface area contributed by atoms with Crippen molar-refractivity contribution in [3.8, 4) is 0 Å². The predicted molar refractivity (Wildman–Crippen MR) is 87.9 cm³/mol. The molecule has 0 saturated heterocycles. The number of aromatic nitrogens is 1. The number of benzene rings is 2. The van der Waals surface area contributed by atoms with Crippen LogP contribution in [-0.2, 0) is 4.74 Å². The van der Waals surface area contributed by atoms with Gasteiger partial charge in [0, 0.05) is 25.2 Å². The standard InChI is InChI=1S/C16H12BrNO2S/c1-20-16(19)15-9-12-13(17)7-11(8-14(12)18-15)21-10-5-3-2-4-6-10/h2-9,18H,1H3. The van der Waals surface area contributed by atoms with Crippen molar-refractivity contribution >= 4 is 44.6 Å². The van der Waals surface area contributed by atoms with Crippen molar-refractivity contribution in [1.29, 1.82) is 0 Å². The van der Waals surface area contributed by atoms with Gasteiger partial charge in [-0.25, -0.2) is 4.79 Å². The summed E-state index contributed by atoms with van der Waals surface area (Å²) < 4.78 is 5.69. The van der Waals surface area contributed by atoms with Crippen molar-refractivity contribution in [3.05, 3.63) is 58.7 Å². The van der Waals surface area contributed by atoms with Gasteiger partial charge >= 0.3 is 5.97 Å². The molecule has 1 aromatic heterocycles. The van der Waals surface area contributed by atoms with E-state index in [0.29, 0.717) is 5.69 Å². The van der Waals surface area contributed by atoms with Crippen molar-refractivity contribution in [3.63, 3.8) is 0 Å². The van der Waals surface area contributed by atoms with E-state index in [1.165, 1.54) is 12.0 Å². The lowest BCUT2D eigenvalue weighted by molar-refractivity contribution is 0.0595. The Kier molecular flexibility index (Phi) is 4.03. The number of rotatable bonds is 3. The van der Waals surface area contributed by atoms with Gasteiger partial charge in [-0.3, -0.25) is 0 Å². The monoisotopic (exact) mass is 361 g/mol. The van der Waals surface area contributed by atoms with Gasteiger partial charge in [0.1, 0.15) is 5.69 Å². The molecule has 1 heterocycles. The fourth-order valence-corrected chi connectivity index (χ4v) is 3.72. The molecule has 0 radical (unpaired) electrons. The number of carbonyl (C=O) groups excluding carboxylic acids is 1. The number of halogens is 1. The molecule has 3 aromatic rings. The Morgan fingerprint density at radius 1 is 1.14 bits per heavy atom. The number of methoxy groups -OCH3 is 1. The van der Waals surface area contributed by atoms with Crippen molar-refractivity contribution in [1.82, 2.24) is 4.98 Å². The van der Waals surface area contributed by atoms with Gasteiger partial charge in [0.15, 0.2) is 0 Å². The van der Waals surface area contributed by atoms with E-state index in [4.69, 9.17) is 4.74 Å². The zero-order valence-electron chi connectivity index (χ0n) is 11.2. The highest BCUT2D eigenvalue weighted by molar-refractivity contribution is 9.10. The molecule has 2 aromatic carbocycles. The van der Waals surface area contributed by atoms with Gasteiger partial charge in [-0.1, -0.05) is 45.9 Å². The molecule has 0 fully saturated rings. The number of nitrogens with one attached hydrogen (secondary N) is 1. The summed E-state index contributed by atoms with van der Waals surface area (Å²) in [4.78, 5) is 17.0. The second-order valence-corrected chi connectivity index (χ2v) is 6.46. The van der Waals surface area contributed by atoms with Gasteiger partial charge in [-0.15, -0.1) is 0 Å². The van der Waals surface area contributed by atoms with Crippen LogP contribution in [0.25, 0.3) is 10.9 Å². The number of ether oxygens (including phenoxy) is 1. The highest BCUT2D eigenvalue weighted by atomic mass is 79.9. The predicted octanol–water partition coefficient (Wildman–Crippen LogP) is 4.87. The Hall–Kier alpha value is -1.72. The number of aromatic amines is 1. The Labute approximate surface area is 134 Å².